The Morgan fingerprint density at radius 2 is 1.85 bits per heavy atom. The maximum absolute atomic E-state index is 13.2. The first-order chi connectivity index (χ1) is 12.7. The first-order valence-corrected chi connectivity index (χ1v) is 10.5. The van der Waals surface area contributed by atoms with Crippen LogP contribution < -0.4 is 5.32 Å². The summed E-state index contributed by atoms with van der Waals surface area (Å²) in [7, 11) is 0. The molecular weight excluding hydrogens is 365 g/mol. The quantitative estimate of drug-likeness (QED) is 0.853. The summed E-state index contributed by atoms with van der Waals surface area (Å²) in [5, 5.41) is 2.96. The second kappa shape index (κ2) is 8.09. The van der Waals surface area contributed by atoms with Crippen molar-refractivity contribution in [1.82, 2.24) is 15.1 Å². The molecule has 2 fully saturated rings. The lowest BCUT2D eigenvalue weighted by Gasteiger charge is -2.36. The highest BCUT2D eigenvalue weighted by atomic mass is 32.2. The monoisotopic (exact) mass is 393 g/mol. The van der Waals surface area contributed by atoms with Gasteiger partial charge in [0.1, 0.15) is 11.2 Å². The van der Waals surface area contributed by atoms with E-state index in [0.717, 1.165) is 18.4 Å². The summed E-state index contributed by atoms with van der Waals surface area (Å²) < 4.78 is 13.2. The van der Waals surface area contributed by atoms with Crippen molar-refractivity contribution in [2.75, 3.05) is 25.4 Å². The molecular formula is C20H28FN3O2S. The zero-order valence-corrected chi connectivity index (χ0v) is 17.0. The van der Waals surface area contributed by atoms with E-state index in [9.17, 15) is 14.0 Å². The van der Waals surface area contributed by atoms with Crippen molar-refractivity contribution in [2.45, 2.75) is 44.5 Å². The summed E-state index contributed by atoms with van der Waals surface area (Å²) in [5.74, 6) is 0.728. The maximum atomic E-state index is 13.2. The van der Waals surface area contributed by atoms with Gasteiger partial charge in [0.15, 0.2) is 0 Å². The van der Waals surface area contributed by atoms with Crippen LogP contribution in [0, 0.1) is 11.7 Å². The number of rotatable bonds is 3. The van der Waals surface area contributed by atoms with Crippen molar-refractivity contribution in [3.05, 3.63) is 35.6 Å². The summed E-state index contributed by atoms with van der Waals surface area (Å²) in [5.41, 5.74) is 0.726. The van der Waals surface area contributed by atoms with Gasteiger partial charge in [-0.15, -0.1) is 11.8 Å². The number of halogens is 1. The lowest BCUT2D eigenvalue weighted by atomic mass is 9.96. The Kier molecular flexibility index (Phi) is 5.99. The number of thioether (sulfide) groups is 1. The zero-order chi connectivity index (χ0) is 19.6. The Bertz CT molecular complexity index is 681. The molecule has 3 amide bonds. The Morgan fingerprint density at radius 1 is 1.22 bits per heavy atom. The standard InChI is InChI=1S/C20H28FN3O2S/c1-20(2,3)22-19(26)23-10-8-14(9-11-23)12-24-17(25)13-27-18(24)15-4-6-16(21)7-5-15/h4-7,14,18H,8-13H2,1-3H3,(H,22,26)/t18-/m0/s1. The predicted molar refractivity (Wildman–Crippen MR) is 106 cm³/mol. The third-order valence-electron chi connectivity index (χ3n) is 4.96. The molecule has 2 aliphatic heterocycles. The van der Waals surface area contributed by atoms with Gasteiger partial charge in [-0.25, -0.2) is 9.18 Å². The molecule has 2 heterocycles. The molecule has 148 valence electrons. The summed E-state index contributed by atoms with van der Waals surface area (Å²) >= 11 is 1.60. The molecule has 0 aromatic heterocycles. The van der Waals surface area contributed by atoms with E-state index >= 15 is 0 Å². The molecule has 5 nitrogen and oxygen atoms in total. The fourth-order valence-corrected chi connectivity index (χ4v) is 4.75. The number of hydrogen-bond donors (Lipinski definition) is 1. The average molecular weight is 394 g/mol. The molecule has 2 saturated heterocycles. The Morgan fingerprint density at radius 3 is 2.44 bits per heavy atom. The second-order valence-corrected chi connectivity index (χ2v) is 9.44. The minimum absolute atomic E-state index is 0.0158. The van der Waals surface area contributed by atoms with Crippen LogP contribution in [-0.2, 0) is 4.79 Å². The maximum Gasteiger partial charge on any atom is 0.317 e. The van der Waals surface area contributed by atoms with E-state index in [0.29, 0.717) is 31.3 Å². The number of carbonyl (C=O) groups is 2. The molecule has 1 aromatic rings. The molecule has 0 spiro atoms. The van der Waals surface area contributed by atoms with Crippen molar-refractivity contribution >= 4 is 23.7 Å². The Labute approximate surface area is 164 Å². The molecule has 0 aliphatic carbocycles. The third kappa shape index (κ3) is 5.15. The average Bonchev–Trinajstić information content (AvgIpc) is 2.95. The van der Waals surface area contributed by atoms with Crippen LogP contribution in [0.1, 0.15) is 44.6 Å². The predicted octanol–water partition coefficient (Wildman–Crippen LogP) is 3.62. The van der Waals surface area contributed by atoms with Crippen molar-refractivity contribution in [2.24, 2.45) is 5.92 Å². The van der Waals surface area contributed by atoms with Gasteiger partial charge < -0.3 is 15.1 Å². The van der Waals surface area contributed by atoms with Gasteiger partial charge in [-0.1, -0.05) is 12.1 Å². The topological polar surface area (TPSA) is 52.7 Å². The van der Waals surface area contributed by atoms with Crippen molar-refractivity contribution in [3.63, 3.8) is 0 Å². The van der Waals surface area contributed by atoms with Crippen LogP contribution >= 0.6 is 11.8 Å². The van der Waals surface area contributed by atoms with Crippen LogP contribution in [0.25, 0.3) is 0 Å². The van der Waals surface area contributed by atoms with Gasteiger partial charge in [0.2, 0.25) is 5.91 Å². The molecule has 2 aliphatic rings. The van der Waals surface area contributed by atoms with E-state index < -0.39 is 0 Å². The van der Waals surface area contributed by atoms with E-state index in [-0.39, 0.29) is 28.7 Å². The van der Waals surface area contributed by atoms with Gasteiger partial charge in [0, 0.05) is 25.2 Å². The molecule has 0 unspecified atom stereocenters. The lowest BCUT2D eigenvalue weighted by molar-refractivity contribution is -0.128. The Hall–Kier alpha value is -1.76. The van der Waals surface area contributed by atoms with E-state index in [4.69, 9.17) is 0 Å². The number of amides is 3. The zero-order valence-electron chi connectivity index (χ0n) is 16.2. The SMILES string of the molecule is CC(C)(C)NC(=O)N1CCC(CN2C(=O)CS[C@H]2c2ccc(F)cc2)CC1. The lowest BCUT2D eigenvalue weighted by Crippen LogP contribution is -2.51. The van der Waals surface area contributed by atoms with Crippen LogP contribution in [0.15, 0.2) is 24.3 Å². The highest BCUT2D eigenvalue weighted by Gasteiger charge is 2.35. The van der Waals surface area contributed by atoms with Crippen molar-refractivity contribution < 1.29 is 14.0 Å². The fraction of sp³-hybridized carbons (Fsp3) is 0.600. The van der Waals surface area contributed by atoms with Crippen LogP contribution in [-0.4, -0.2) is 52.7 Å². The van der Waals surface area contributed by atoms with Crippen molar-refractivity contribution in [3.8, 4) is 0 Å². The molecule has 0 bridgehead atoms. The molecule has 1 N–H and O–H groups in total. The summed E-state index contributed by atoms with van der Waals surface area (Å²) in [6.45, 7) is 8.05. The van der Waals surface area contributed by atoms with E-state index in [1.807, 2.05) is 30.6 Å². The number of nitrogens with one attached hydrogen (secondary N) is 1. The normalized spacial score (nSPS) is 21.6. The van der Waals surface area contributed by atoms with Crippen LogP contribution in [0.4, 0.5) is 9.18 Å². The van der Waals surface area contributed by atoms with Crippen LogP contribution in [0.2, 0.25) is 0 Å². The minimum atomic E-state index is -0.263. The highest BCUT2D eigenvalue weighted by Crippen LogP contribution is 2.39. The van der Waals surface area contributed by atoms with Crippen molar-refractivity contribution in [1.29, 1.82) is 0 Å². The first-order valence-electron chi connectivity index (χ1n) is 9.46. The van der Waals surface area contributed by atoms with E-state index in [2.05, 4.69) is 5.32 Å². The molecule has 3 rings (SSSR count). The van der Waals surface area contributed by atoms with Gasteiger partial charge in [-0.05, 0) is 57.2 Å². The molecule has 7 heteroatoms. The second-order valence-electron chi connectivity index (χ2n) is 8.37. The van der Waals surface area contributed by atoms with E-state index in [1.54, 1.807) is 23.9 Å². The summed E-state index contributed by atoms with van der Waals surface area (Å²) in [6, 6.07) is 6.40. The number of likely N-dealkylation sites (tertiary alicyclic amines) is 1. The van der Waals surface area contributed by atoms with Crippen LogP contribution in [0.3, 0.4) is 0 Å². The third-order valence-corrected chi connectivity index (χ3v) is 6.22. The highest BCUT2D eigenvalue weighted by molar-refractivity contribution is 8.00. The van der Waals surface area contributed by atoms with Gasteiger partial charge in [-0.2, -0.15) is 0 Å². The smallest absolute Gasteiger partial charge is 0.317 e. The van der Waals surface area contributed by atoms with Gasteiger partial charge in [0.05, 0.1) is 5.75 Å². The van der Waals surface area contributed by atoms with Gasteiger partial charge >= 0.3 is 6.03 Å². The van der Waals surface area contributed by atoms with Gasteiger partial charge in [0.25, 0.3) is 0 Å². The van der Waals surface area contributed by atoms with Gasteiger partial charge in [-0.3, -0.25) is 4.79 Å². The number of nitrogens with zero attached hydrogens (tertiary/aromatic N) is 2. The number of benzene rings is 1. The molecule has 0 radical (unpaired) electrons. The number of urea groups is 1. The van der Waals surface area contributed by atoms with E-state index in [1.165, 1.54) is 12.1 Å². The number of piperidine rings is 1. The fourth-order valence-electron chi connectivity index (χ4n) is 3.55. The molecule has 27 heavy (non-hydrogen) atoms. The summed E-state index contributed by atoms with van der Waals surface area (Å²) in [6.07, 6.45) is 1.78. The number of hydrogen-bond acceptors (Lipinski definition) is 3. The Balaban J connectivity index is 1.56. The molecule has 1 aromatic carbocycles. The minimum Gasteiger partial charge on any atom is -0.333 e. The largest absolute Gasteiger partial charge is 0.333 e. The van der Waals surface area contributed by atoms with Crippen LogP contribution in [0.5, 0.6) is 0 Å². The first kappa shape index (κ1) is 20.0. The molecule has 0 saturated carbocycles. The summed E-state index contributed by atoms with van der Waals surface area (Å²) in [4.78, 5) is 28.5. The molecule has 1 atom stereocenters. The number of carbonyl (C=O) groups excluding carboxylic acids is 2.